The molecule has 232 valence electrons. The van der Waals surface area contributed by atoms with Crippen molar-refractivity contribution >= 4 is 35.0 Å². The fourth-order valence-electron chi connectivity index (χ4n) is 6.60. The summed E-state index contributed by atoms with van der Waals surface area (Å²) in [5.74, 6) is 0. The number of pyridine rings is 1. The maximum atomic E-state index is 7.45. The van der Waals surface area contributed by atoms with Gasteiger partial charge in [-0.25, -0.2) is 0 Å². The number of nitrogens with one attached hydrogen (secondary N) is 3. The molecule has 0 radical (unpaired) electrons. The minimum absolute atomic E-state index is 0.691. The van der Waals surface area contributed by atoms with Gasteiger partial charge in [-0.15, -0.1) is 0 Å². The minimum atomic E-state index is 0.691. The number of aromatic nitrogens is 3. The Bertz CT molecular complexity index is 2110. The van der Waals surface area contributed by atoms with Crippen molar-refractivity contribution in [1.29, 1.82) is 5.41 Å². The van der Waals surface area contributed by atoms with Crippen LogP contribution in [0.5, 0.6) is 0 Å². The lowest BCUT2D eigenvalue weighted by Gasteiger charge is -2.16. The van der Waals surface area contributed by atoms with Crippen LogP contribution in [0.3, 0.4) is 0 Å². The number of hydrogen-bond donors (Lipinski definition) is 3. The van der Waals surface area contributed by atoms with Crippen molar-refractivity contribution in [2.75, 3.05) is 0 Å². The van der Waals surface area contributed by atoms with E-state index in [4.69, 9.17) is 5.41 Å². The lowest BCUT2D eigenvalue weighted by atomic mass is 10.0. The molecule has 47 heavy (non-hydrogen) atoms. The van der Waals surface area contributed by atoms with Crippen LogP contribution in [0, 0.1) is 12.3 Å². The second kappa shape index (κ2) is 13.2. The summed E-state index contributed by atoms with van der Waals surface area (Å²) >= 11 is 0. The third-order valence-corrected chi connectivity index (χ3v) is 8.93. The quantitative estimate of drug-likeness (QED) is 0.138. The topological polar surface area (TPSA) is 70.7 Å². The molecule has 3 aromatic heterocycles. The van der Waals surface area contributed by atoms with E-state index in [2.05, 4.69) is 129 Å². The molecule has 0 spiro atoms. The maximum absolute atomic E-state index is 7.45. The predicted molar refractivity (Wildman–Crippen MR) is 196 cm³/mol. The van der Waals surface area contributed by atoms with Crippen molar-refractivity contribution in [2.24, 2.45) is 0 Å². The predicted octanol–water partition coefficient (Wildman–Crippen LogP) is 8.61. The molecule has 4 heterocycles. The lowest BCUT2D eigenvalue weighted by Crippen LogP contribution is -2.14. The highest BCUT2D eigenvalue weighted by Crippen LogP contribution is 2.30. The van der Waals surface area contributed by atoms with E-state index in [1.165, 1.54) is 51.0 Å². The van der Waals surface area contributed by atoms with Crippen LogP contribution in [-0.4, -0.2) is 20.3 Å². The Morgan fingerprint density at radius 2 is 1.79 bits per heavy atom. The van der Waals surface area contributed by atoms with Crippen LogP contribution in [0.4, 0.5) is 0 Å². The third kappa shape index (κ3) is 5.93. The van der Waals surface area contributed by atoms with Crippen LogP contribution in [0.25, 0.3) is 40.1 Å². The highest BCUT2D eigenvalue weighted by atomic mass is 15.0. The van der Waals surface area contributed by atoms with E-state index in [1.54, 1.807) is 12.3 Å². The lowest BCUT2D eigenvalue weighted by molar-refractivity contribution is 0.793. The zero-order valence-electron chi connectivity index (χ0n) is 26.6. The van der Waals surface area contributed by atoms with Gasteiger partial charge in [0.1, 0.15) is 0 Å². The number of allylic oxidation sites excluding steroid dienone is 7. The van der Waals surface area contributed by atoms with Crippen LogP contribution in [0.1, 0.15) is 45.8 Å². The van der Waals surface area contributed by atoms with E-state index >= 15 is 0 Å². The van der Waals surface area contributed by atoms with E-state index in [0.29, 0.717) is 6.54 Å². The Balaban J connectivity index is 1.07. The van der Waals surface area contributed by atoms with Crippen molar-refractivity contribution in [3.05, 3.63) is 167 Å². The summed E-state index contributed by atoms with van der Waals surface area (Å²) in [6.45, 7) is 7.43. The first kappa shape index (κ1) is 29.8. The summed E-state index contributed by atoms with van der Waals surface area (Å²) in [6, 6.07) is 24.0. The first-order valence-corrected chi connectivity index (χ1v) is 16.0. The molecule has 0 saturated heterocycles. The molecule has 2 aromatic carbocycles. The smallest absolute Gasteiger partial charge is 0.0917 e. The second-order valence-electron chi connectivity index (χ2n) is 11.8. The van der Waals surface area contributed by atoms with Crippen molar-refractivity contribution in [3.63, 3.8) is 0 Å². The van der Waals surface area contributed by atoms with Gasteiger partial charge in [0.2, 0.25) is 0 Å². The van der Waals surface area contributed by atoms with Gasteiger partial charge < -0.3 is 25.2 Å². The normalized spacial score (nSPS) is 14.0. The molecular formula is C41H38N6. The fourth-order valence-corrected chi connectivity index (χ4v) is 6.60. The molecule has 5 aromatic rings. The maximum Gasteiger partial charge on any atom is 0.0917 e. The molecule has 0 atom stereocenters. The number of fused-ring (bicyclic) bond motifs is 2. The van der Waals surface area contributed by atoms with E-state index in [0.717, 1.165) is 47.5 Å². The molecule has 2 aliphatic rings. The van der Waals surface area contributed by atoms with Crippen LogP contribution in [0.2, 0.25) is 0 Å². The highest BCUT2D eigenvalue weighted by Gasteiger charge is 2.17. The zero-order chi connectivity index (χ0) is 32.2. The standard InChI is InChI=1S/C41H38N6/c1-3-43-27-39-29(2)41-38(10-6-23-45-41)47(39)36-17-12-31(13-18-36)25-30-7-4-8-32(14-11-30)33-15-19-35(20-16-33)46-37(9-5-22-42)26-34-21-24-44-28-40(34)46/h3,5-24,26,42-44H,1,4,25,27-28H2,2H3/b9-5-,42-22?. The zero-order valence-corrected chi connectivity index (χ0v) is 26.6. The number of nitrogens with zero attached hydrogens (tertiary/aromatic N) is 3. The van der Waals surface area contributed by atoms with E-state index in [9.17, 15) is 0 Å². The Kier molecular flexibility index (Phi) is 8.39. The van der Waals surface area contributed by atoms with Crippen LogP contribution in [0.15, 0.2) is 128 Å². The summed E-state index contributed by atoms with van der Waals surface area (Å²) < 4.78 is 4.57. The Labute approximate surface area is 276 Å². The first-order chi connectivity index (χ1) is 23.1. The van der Waals surface area contributed by atoms with Gasteiger partial charge in [-0.05, 0) is 126 Å². The van der Waals surface area contributed by atoms with Gasteiger partial charge in [-0.2, -0.15) is 0 Å². The van der Waals surface area contributed by atoms with Crippen molar-refractivity contribution in [1.82, 2.24) is 24.8 Å². The van der Waals surface area contributed by atoms with Gasteiger partial charge in [0, 0.05) is 40.9 Å². The largest absolute Gasteiger partial charge is 0.386 e. The summed E-state index contributed by atoms with van der Waals surface area (Å²) in [5.41, 5.74) is 15.3. The van der Waals surface area contributed by atoms with Gasteiger partial charge in [-0.1, -0.05) is 55.1 Å². The number of benzene rings is 2. The molecule has 3 N–H and O–H groups in total. The summed E-state index contributed by atoms with van der Waals surface area (Å²) in [5, 5.41) is 14.1. The molecule has 7 rings (SSSR count). The first-order valence-electron chi connectivity index (χ1n) is 16.0. The Morgan fingerprint density at radius 3 is 2.60 bits per heavy atom. The number of hydrogen-bond acceptors (Lipinski definition) is 4. The number of rotatable bonds is 10. The average molecular weight is 615 g/mol. The Morgan fingerprint density at radius 1 is 0.979 bits per heavy atom. The van der Waals surface area contributed by atoms with Gasteiger partial charge >= 0.3 is 0 Å². The molecule has 1 aliphatic carbocycles. The molecule has 0 saturated carbocycles. The molecular weight excluding hydrogens is 576 g/mol. The van der Waals surface area contributed by atoms with E-state index < -0.39 is 0 Å². The summed E-state index contributed by atoms with van der Waals surface area (Å²) in [4.78, 5) is 4.66. The molecule has 0 bridgehead atoms. The van der Waals surface area contributed by atoms with Crippen molar-refractivity contribution in [3.8, 4) is 11.4 Å². The number of aryl methyl sites for hydroxylation is 1. The fraction of sp³-hybridized carbons (Fsp3) is 0.122. The van der Waals surface area contributed by atoms with Crippen LogP contribution >= 0.6 is 0 Å². The highest BCUT2D eigenvalue weighted by molar-refractivity contribution is 5.83. The van der Waals surface area contributed by atoms with Gasteiger partial charge in [0.15, 0.2) is 0 Å². The molecule has 0 fully saturated rings. The monoisotopic (exact) mass is 614 g/mol. The molecule has 1 aliphatic heterocycles. The molecule has 0 unspecified atom stereocenters. The third-order valence-electron chi connectivity index (χ3n) is 8.93. The van der Waals surface area contributed by atoms with Gasteiger partial charge in [0.05, 0.1) is 24.1 Å². The SMILES string of the molecule is C=CNCc1c(C)c2ncccc2n1-c1ccc(CC2=CCC=C(c3ccc(-n4c(/C=C\C=N)cc5c4CNC=C5)cc3)C=C2)cc1. The molecule has 6 nitrogen and oxygen atoms in total. The van der Waals surface area contributed by atoms with Crippen molar-refractivity contribution < 1.29 is 0 Å². The van der Waals surface area contributed by atoms with E-state index in [1.807, 2.05) is 24.5 Å². The van der Waals surface area contributed by atoms with Crippen LogP contribution < -0.4 is 10.6 Å². The van der Waals surface area contributed by atoms with Gasteiger partial charge in [0.25, 0.3) is 0 Å². The second-order valence-corrected chi connectivity index (χ2v) is 11.8. The average Bonchev–Trinajstić information content (AvgIpc) is 3.51. The summed E-state index contributed by atoms with van der Waals surface area (Å²) in [7, 11) is 0. The van der Waals surface area contributed by atoms with Gasteiger partial charge in [-0.3, -0.25) is 4.98 Å². The van der Waals surface area contributed by atoms with E-state index in [-0.39, 0.29) is 0 Å². The van der Waals surface area contributed by atoms with Crippen molar-refractivity contribution in [2.45, 2.75) is 32.9 Å². The molecule has 0 amide bonds. The van der Waals surface area contributed by atoms with Crippen LogP contribution in [-0.2, 0) is 19.5 Å². The minimum Gasteiger partial charge on any atom is -0.386 e. The Hall–Kier alpha value is -5.88. The summed E-state index contributed by atoms with van der Waals surface area (Å²) in [6.07, 6.45) is 23.7. The molecule has 6 heteroatoms.